The van der Waals surface area contributed by atoms with Gasteiger partial charge in [0.15, 0.2) is 0 Å². The van der Waals surface area contributed by atoms with E-state index in [2.05, 4.69) is 88.0 Å². The Hall–Kier alpha value is 0.484. The van der Waals surface area contributed by atoms with Crippen LogP contribution in [-0.4, -0.2) is 141 Å². The molecular formula is C30H85N10O5Si5+5. The monoisotopic (exact) mass is 806 g/mol. The van der Waals surface area contributed by atoms with E-state index in [1.54, 1.807) is 0 Å². The Kier molecular flexibility index (Phi) is 26.3. The molecule has 1 fully saturated rings. The van der Waals surface area contributed by atoms with Crippen LogP contribution in [-0.2, 0) is 20.6 Å². The summed E-state index contributed by atoms with van der Waals surface area (Å²) in [5, 5.41) is 17.7. The molecule has 20 heteroatoms. The highest BCUT2D eigenvalue weighted by atomic mass is 28.5. The molecule has 0 atom stereocenters. The predicted molar refractivity (Wildman–Crippen MR) is 214 cm³/mol. The van der Waals surface area contributed by atoms with E-state index < -0.39 is 42.8 Å². The van der Waals surface area contributed by atoms with E-state index in [1.165, 1.54) is 0 Å². The Labute approximate surface area is 310 Å². The number of hydrogen-bond acceptors (Lipinski definition) is 10. The zero-order chi connectivity index (χ0) is 37.2. The van der Waals surface area contributed by atoms with Crippen molar-refractivity contribution in [2.24, 2.45) is 0 Å². The molecule has 0 unspecified atom stereocenters. The van der Waals surface area contributed by atoms with Crippen molar-refractivity contribution in [1.82, 2.24) is 26.6 Å². The second kappa shape index (κ2) is 27.1. The first-order valence-corrected chi connectivity index (χ1v) is 32.5. The summed E-state index contributed by atoms with van der Waals surface area (Å²) in [4.78, 5) is 0. The van der Waals surface area contributed by atoms with Crippen LogP contribution in [0.1, 0.15) is 32.1 Å². The summed E-state index contributed by atoms with van der Waals surface area (Å²) in [7, 11) is -13.9. The van der Waals surface area contributed by atoms with Crippen LogP contribution >= 0.6 is 0 Å². The third kappa shape index (κ3) is 22.0. The molecule has 0 spiro atoms. The van der Waals surface area contributed by atoms with Crippen molar-refractivity contribution in [1.29, 1.82) is 0 Å². The van der Waals surface area contributed by atoms with Crippen molar-refractivity contribution in [3.8, 4) is 0 Å². The van der Waals surface area contributed by atoms with E-state index in [1.807, 2.05) is 0 Å². The molecule has 20 N–H and O–H groups in total. The molecule has 0 bridgehead atoms. The lowest BCUT2D eigenvalue weighted by molar-refractivity contribution is -0.365. The summed E-state index contributed by atoms with van der Waals surface area (Å²) in [6.45, 7) is 25.1. The summed E-state index contributed by atoms with van der Waals surface area (Å²) in [5.41, 5.74) is 20.0. The Balaban J connectivity index is 3.62. The van der Waals surface area contributed by atoms with Crippen LogP contribution < -0.4 is 55.3 Å². The highest BCUT2D eigenvalue weighted by Gasteiger charge is 2.56. The van der Waals surface area contributed by atoms with Crippen LogP contribution in [0.4, 0.5) is 0 Å². The van der Waals surface area contributed by atoms with Gasteiger partial charge in [-0.25, -0.2) is 0 Å². The van der Waals surface area contributed by atoms with E-state index in [4.69, 9.17) is 20.6 Å². The maximum Gasteiger partial charge on any atom is 0.317 e. The molecule has 1 rings (SSSR count). The molecular weight excluding hydrogens is 721 g/mol. The first kappa shape index (κ1) is 48.5. The maximum atomic E-state index is 7.50. The lowest BCUT2D eigenvalue weighted by atomic mass is 10.5. The predicted octanol–water partition coefficient (Wildman–Crippen LogP) is -3.45. The van der Waals surface area contributed by atoms with Crippen molar-refractivity contribution >= 4 is 42.8 Å². The van der Waals surface area contributed by atoms with Crippen LogP contribution in [0, 0.1) is 0 Å². The van der Waals surface area contributed by atoms with Crippen molar-refractivity contribution < 1.29 is 49.2 Å². The third-order valence-corrected chi connectivity index (χ3v) is 32.4. The van der Waals surface area contributed by atoms with Crippen molar-refractivity contribution in [2.45, 2.75) is 95.1 Å². The van der Waals surface area contributed by atoms with Crippen molar-refractivity contribution in [3.05, 3.63) is 0 Å². The van der Waals surface area contributed by atoms with Crippen LogP contribution in [0.3, 0.4) is 0 Å². The zero-order valence-electron chi connectivity index (χ0n) is 33.3. The second-order valence-electron chi connectivity index (χ2n) is 14.7. The van der Waals surface area contributed by atoms with Gasteiger partial charge in [-0.3, -0.25) is 0 Å². The molecule has 1 aliphatic rings. The number of hydrogen-bond donors (Lipinski definition) is 10. The molecule has 15 nitrogen and oxygen atoms in total. The summed E-state index contributed by atoms with van der Waals surface area (Å²) < 4.78 is 37.5. The van der Waals surface area contributed by atoms with E-state index >= 15 is 0 Å². The van der Waals surface area contributed by atoms with Gasteiger partial charge in [-0.2, -0.15) is 0 Å². The normalized spacial score (nSPS) is 29.4. The summed E-state index contributed by atoms with van der Waals surface area (Å²) in [6, 6.07) is 4.49. The molecule has 1 aliphatic heterocycles. The fourth-order valence-corrected chi connectivity index (χ4v) is 36.0. The fraction of sp³-hybridized carbons (Fsp3) is 1.00. The highest BCUT2D eigenvalue weighted by molar-refractivity contribution is 6.94. The lowest BCUT2D eigenvalue weighted by Gasteiger charge is -2.50. The van der Waals surface area contributed by atoms with Crippen LogP contribution in [0.25, 0.3) is 0 Å². The van der Waals surface area contributed by atoms with Gasteiger partial charge in [-0.15, -0.1) is 0 Å². The van der Waals surface area contributed by atoms with Crippen LogP contribution in [0.5, 0.6) is 0 Å². The Morgan fingerprint density at radius 3 is 0.600 bits per heavy atom. The summed E-state index contributed by atoms with van der Waals surface area (Å²) in [6.07, 6.45) is 4.95. The SMILES string of the molecule is C[Si]1(CCCNCC[NH3+])O[Si](C)(CCCNCC[NH3+])O[Si](C)(CCCNCC[NH3+])O[Si](C)(CCCNCC[NH3+])O[Si](C)(CCCNCC[NH3+])O1. The van der Waals surface area contributed by atoms with E-state index in [0.717, 1.165) is 160 Å². The topological polar surface area (TPSA) is 244 Å². The highest BCUT2D eigenvalue weighted by Crippen LogP contribution is 2.39. The standard InChI is InChI=1S/C30H80N10O5Si5/c1-46(26-6-16-36-21-11-31)41-47(2,27-7-17-37-22-12-32)43-49(4,29-9-19-39-24-14-34)45-50(5,30-10-20-40-25-15-35)44-48(3,42-46)28-8-18-38-23-13-33/h36-40H,6-35H2,1-5H3/p+5. The molecule has 0 amide bonds. The Morgan fingerprint density at radius 1 is 0.300 bits per heavy atom. The molecule has 300 valence electrons. The first-order valence-electron chi connectivity index (χ1n) is 19.8. The molecule has 50 heavy (non-hydrogen) atoms. The van der Waals surface area contributed by atoms with E-state index in [0.29, 0.717) is 0 Å². The molecule has 1 saturated heterocycles. The molecule has 0 aromatic heterocycles. The minimum atomic E-state index is -2.77. The maximum absolute atomic E-state index is 7.50. The van der Waals surface area contributed by atoms with Gasteiger partial charge in [0.25, 0.3) is 0 Å². The molecule has 0 saturated carbocycles. The second-order valence-corrected chi connectivity index (χ2v) is 32.6. The quantitative estimate of drug-likeness (QED) is 0.0254. The van der Waals surface area contributed by atoms with Gasteiger partial charge in [0, 0.05) is 32.7 Å². The number of quaternary nitrogens is 5. The van der Waals surface area contributed by atoms with E-state index in [9.17, 15) is 0 Å². The Morgan fingerprint density at radius 2 is 0.460 bits per heavy atom. The zero-order valence-corrected chi connectivity index (χ0v) is 38.3. The van der Waals surface area contributed by atoms with E-state index in [-0.39, 0.29) is 0 Å². The van der Waals surface area contributed by atoms with Gasteiger partial charge in [-0.05, 0) is 128 Å². The van der Waals surface area contributed by atoms with Crippen molar-refractivity contribution in [2.75, 3.05) is 98.2 Å². The number of nitrogens with one attached hydrogen (secondary N) is 5. The smallest absolute Gasteiger partial charge is 0.317 e. The summed E-state index contributed by atoms with van der Waals surface area (Å²) >= 11 is 0. The van der Waals surface area contributed by atoms with Gasteiger partial charge >= 0.3 is 42.8 Å². The van der Waals surface area contributed by atoms with Crippen molar-refractivity contribution in [3.63, 3.8) is 0 Å². The van der Waals surface area contributed by atoms with Crippen LogP contribution in [0.15, 0.2) is 0 Å². The average molecular weight is 807 g/mol. The third-order valence-electron chi connectivity index (χ3n) is 8.85. The average Bonchev–Trinajstić information content (AvgIpc) is 3.03. The largest absolute Gasteiger partial charge is 0.416 e. The molecule has 0 radical (unpaired) electrons. The Bertz CT molecular complexity index is 691. The minimum absolute atomic E-state index is 0.881. The fourth-order valence-electron chi connectivity index (χ4n) is 6.82. The molecule has 1 heterocycles. The van der Waals surface area contributed by atoms with Gasteiger partial charge in [0.05, 0.1) is 32.7 Å². The minimum Gasteiger partial charge on any atom is -0.416 e. The summed E-state index contributed by atoms with van der Waals surface area (Å²) in [5.74, 6) is 0. The van der Waals surface area contributed by atoms with Gasteiger partial charge in [0.1, 0.15) is 0 Å². The lowest BCUT2D eigenvalue weighted by Crippen LogP contribution is -2.67. The number of rotatable bonds is 30. The van der Waals surface area contributed by atoms with Gasteiger partial charge < -0.3 is 75.8 Å². The van der Waals surface area contributed by atoms with Gasteiger partial charge in [-0.1, -0.05) is 0 Å². The first-order chi connectivity index (χ1) is 23.8. The van der Waals surface area contributed by atoms with Crippen LogP contribution in [0.2, 0.25) is 63.0 Å². The molecule has 0 aliphatic carbocycles. The van der Waals surface area contributed by atoms with Gasteiger partial charge in [0.2, 0.25) is 0 Å². The molecule has 0 aromatic rings. The molecule has 0 aromatic carbocycles.